The summed E-state index contributed by atoms with van der Waals surface area (Å²) in [4.78, 5) is 31.0. The number of benzene rings is 1. The Kier molecular flexibility index (Phi) is 7.73. The molecule has 3 aromatic rings. The lowest BCUT2D eigenvalue weighted by molar-refractivity contribution is -0.00843. The zero-order valence-electron chi connectivity index (χ0n) is 23.2. The average molecular weight is 587 g/mol. The highest BCUT2D eigenvalue weighted by molar-refractivity contribution is 7.14. The quantitative estimate of drug-likeness (QED) is 0.399. The number of pyridine rings is 1. The van der Waals surface area contributed by atoms with Crippen LogP contribution in [0.2, 0.25) is 0 Å². The Hall–Kier alpha value is -4.00. The molecule has 1 aromatic carbocycles. The van der Waals surface area contributed by atoms with Gasteiger partial charge in [-0.2, -0.15) is 0 Å². The van der Waals surface area contributed by atoms with Crippen LogP contribution in [0.4, 0.5) is 8.78 Å². The van der Waals surface area contributed by atoms with Gasteiger partial charge in [0.2, 0.25) is 5.43 Å². The minimum Gasteiger partial charge on any atom is -0.502 e. The summed E-state index contributed by atoms with van der Waals surface area (Å²) in [7, 11) is 1.84. The predicted molar refractivity (Wildman–Crippen MR) is 150 cm³/mol. The number of hydrogen-bond donors (Lipinski definition) is 1. The third-order valence-electron chi connectivity index (χ3n) is 7.77. The molecule has 218 valence electrons. The summed E-state index contributed by atoms with van der Waals surface area (Å²) in [6.45, 7) is 10.1. The Labute approximate surface area is 240 Å². The summed E-state index contributed by atoms with van der Waals surface area (Å²) in [6.07, 6.45) is 3.42. The maximum Gasteiger partial charge on any atom is 0.278 e. The Bertz CT molecular complexity index is 1550. The Morgan fingerprint density at radius 3 is 2.59 bits per heavy atom. The van der Waals surface area contributed by atoms with Crippen molar-refractivity contribution in [3.63, 3.8) is 0 Å². The van der Waals surface area contributed by atoms with Crippen molar-refractivity contribution in [2.45, 2.75) is 45.2 Å². The smallest absolute Gasteiger partial charge is 0.278 e. The van der Waals surface area contributed by atoms with Gasteiger partial charge in [-0.3, -0.25) is 19.3 Å². The van der Waals surface area contributed by atoms with Crippen LogP contribution in [0, 0.1) is 11.6 Å². The van der Waals surface area contributed by atoms with Gasteiger partial charge in [-0.25, -0.2) is 8.78 Å². The van der Waals surface area contributed by atoms with E-state index >= 15 is 0 Å². The van der Waals surface area contributed by atoms with Crippen LogP contribution >= 0.6 is 11.3 Å². The van der Waals surface area contributed by atoms with E-state index in [1.807, 2.05) is 30.8 Å². The molecule has 0 saturated carbocycles. The summed E-state index contributed by atoms with van der Waals surface area (Å²) in [5, 5.41) is 21.8. The number of rotatable bonds is 8. The molecule has 2 aliphatic heterocycles. The molecule has 0 aliphatic carbocycles. The number of nitrogens with zero attached hydrogens (tertiary/aromatic N) is 6. The molecule has 13 heteroatoms. The van der Waals surface area contributed by atoms with Crippen molar-refractivity contribution >= 4 is 17.2 Å². The third kappa shape index (κ3) is 4.92. The van der Waals surface area contributed by atoms with Crippen molar-refractivity contribution < 1.29 is 23.4 Å². The first-order valence-electron chi connectivity index (χ1n) is 13.5. The molecule has 1 spiro atoms. The van der Waals surface area contributed by atoms with Crippen LogP contribution in [-0.2, 0) is 11.2 Å². The summed E-state index contributed by atoms with van der Waals surface area (Å²) < 4.78 is 34.6. The molecule has 0 unspecified atom stereocenters. The average Bonchev–Trinajstić information content (AvgIpc) is 3.41. The standard InChI is InChI=1S/C28H32F2N6O4S/c1-5-11-35-27(39)23-25(38)24(37)20(26-32-31-22(41-26)14-18-7-8-19(29)15-21(18)30)16-36(23)33(4)28(35)9-12-34(13-10-28)17(3)40-6-2/h7-8,15-16,38H,3,5-6,9-14H2,1-2,4H3. The molecule has 10 nitrogen and oxygen atoms in total. The number of fused-ring (bicyclic) bond motifs is 1. The van der Waals surface area contributed by atoms with Crippen molar-refractivity contribution in [2.75, 3.05) is 38.3 Å². The Morgan fingerprint density at radius 2 is 1.93 bits per heavy atom. The van der Waals surface area contributed by atoms with Gasteiger partial charge < -0.3 is 19.6 Å². The Morgan fingerprint density at radius 1 is 1.20 bits per heavy atom. The molecule has 1 fully saturated rings. The molecule has 4 heterocycles. The summed E-state index contributed by atoms with van der Waals surface area (Å²) in [6, 6.07) is 3.30. The molecular weight excluding hydrogens is 554 g/mol. The van der Waals surface area contributed by atoms with Crippen LogP contribution in [0.5, 0.6) is 5.75 Å². The molecule has 5 rings (SSSR count). The largest absolute Gasteiger partial charge is 0.502 e. The van der Waals surface area contributed by atoms with Crippen LogP contribution in [0.1, 0.15) is 54.2 Å². The van der Waals surface area contributed by atoms with E-state index in [0.29, 0.717) is 56.4 Å². The molecule has 0 bridgehead atoms. The number of aromatic hydroxyl groups is 1. The second-order valence-electron chi connectivity index (χ2n) is 10.1. The van der Waals surface area contributed by atoms with Gasteiger partial charge in [-0.15, -0.1) is 10.2 Å². The molecule has 2 aromatic heterocycles. The van der Waals surface area contributed by atoms with Gasteiger partial charge in [0.1, 0.15) is 22.3 Å². The van der Waals surface area contributed by atoms with E-state index in [4.69, 9.17) is 4.74 Å². The third-order valence-corrected chi connectivity index (χ3v) is 8.73. The number of carbonyl (C=O) groups excluding carboxylic acids is 1. The van der Waals surface area contributed by atoms with Crippen LogP contribution in [0.3, 0.4) is 0 Å². The number of aromatic nitrogens is 3. The highest BCUT2D eigenvalue weighted by atomic mass is 32.1. The highest BCUT2D eigenvalue weighted by Gasteiger charge is 2.51. The van der Waals surface area contributed by atoms with E-state index in [0.717, 1.165) is 23.5 Å². The summed E-state index contributed by atoms with van der Waals surface area (Å²) >= 11 is 1.06. The maximum absolute atomic E-state index is 14.2. The number of amides is 1. The van der Waals surface area contributed by atoms with Gasteiger partial charge in [0.15, 0.2) is 22.3 Å². The first-order valence-corrected chi connectivity index (χ1v) is 14.3. The van der Waals surface area contributed by atoms with E-state index in [9.17, 15) is 23.5 Å². The molecule has 1 amide bonds. The number of carbonyl (C=O) groups is 1. The SMILES string of the molecule is C=C(OCC)N1CCC2(CC1)N(CCC)C(=O)c1c(O)c(=O)c(-c3nnc(Cc4ccc(F)cc4F)s3)cn1N2C. The van der Waals surface area contributed by atoms with E-state index in [-0.39, 0.29) is 28.2 Å². The van der Waals surface area contributed by atoms with Crippen molar-refractivity contribution in [1.82, 2.24) is 24.7 Å². The zero-order valence-corrected chi connectivity index (χ0v) is 24.0. The molecule has 0 radical (unpaired) electrons. The number of ether oxygens (including phenoxy) is 1. The van der Waals surface area contributed by atoms with Crippen LogP contribution in [0.15, 0.2) is 41.7 Å². The normalized spacial score (nSPS) is 16.3. The first-order chi connectivity index (χ1) is 19.6. The Balaban J connectivity index is 1.52. The van der Waals surface area contributed by atoms with Crippen LogP contribution in [0.25, 0.3) is 10.6 Å². The molecule has 1 saturated heterocycles. The van der Waals surface area contributed by atoms with Crippen molar-refractivity contribution in [2.24, 2.45) is 0 Å². The fourth-order valence-corrected chi connectivity index (χ4v) is 6.50. The molecular formula is C28H32F2N6O4S. The minimum absolute atomic E-state index is 0.0546. The number of halogens is 2. The van der Waals surface area contributed by atoms with Crippen molar-refractivity contribution in [3.05, 3.63) is 75.0 Å². The topological polar surface area (TPSA) is 104 Å². The van der Waals surface area contributed by atoms with E-state index in [1.165, 1.54) is 16.9 Å². The van der Waals surface area contributed by atoms with Crippen LogP contribution in [-0.4, -0.2) is 74.6 Å². The van der Waals surface area contributed by atoms with Gasteiger partial charge in [0.05, 0.1) is 12.2 Å². The van der Waals surface area contributed by atoms with Crippen molar-refractivity contribution in [3.8, 4) is 16.3 Å². The molecule has 1 N–H and O–H groups in total. The van der Waals surface area contributed by atoms with Gasteiger partial charge >= 0.3 is 0 Å². The maximum atomic E-state index is 14.2. The van der Waals surface area contributed by atoms with Gasteiger partial charge in [0.25, 0.3) is 5.91 Å². The van der Waals surface area contributed by atoms with E-state index in [1.54, 1.807) is 4.90 Å². The number of likely N-dealkylation sites (tertiary alicyclic amines) is 1. The van der Waals surface area contributed by atoms with E-state index < -0.39 is 34.4 Å². The second kappa shape index (κ2) is 11.1. The van der Waals surface area contributed by atoms with Crippen molar-refractivity contribution in [1.29, 1.82) is 0 Å². The molecule has 0 atom stereocenters. The molecule has 41 heavy (non-hydrogen) atoms. The monoisotopic (exact) mass is 586 g/mol. The lowest BCUT2D eigenvalue weighted by Crippen LogP contribution is -2.72. The minimum atomic E-state index is -0.746. The van der Waals surface area contributed by atoms with Gasteiger partial charge in [-0.1, -0.05) is 24.3 Å². The van der Waals surface area contributed by atoms with Crippen LogP contribution < -0.4 is 10.4 Å². The van der Waals surface area contributed by atoms with Gasteiger partial charge in [-0.05, 0) is 31.6 Å². The summed E-state index contributed by atoms with van der Waals surface area (Å²) in [5.41, 5.74) is -1.27. The fraction of sp³-hybridized carbons (Fsp3) is 0.429. The summed E-state index contributed by atoms with van der Waals surface area (Å²) in [5.74, 6) is -1.88. The zero-order chi connectivity index (χ0) is 29.5. The molecule has 2 aliphatic rings. The predicted octanol–water partition coefficient (Wildman–Crippen LogP) is 3.67. The fourth-order valence-electron chi connectivity index (χ4n) is 5.63. The first kappa shape index (κ1) is 28.5. The lowest BCUT2D eigenvalue weighted by Gasteiger charge is -2.57. The van der Waals surface area contributed by atoms with Gasteiger partial charge in [0, 0.05) is 58.2 Å². The number of piperidine rings is 1. The van der Waals surface area contributed by atoms with E-state index in [2.05, 4.69) is 16.8 Å². The highest BCUT2D eigenvalue weighted by Crippen LogP contribution is 2.39. The number of hydrogen-bond acceptors (Lipinski definition) is 9. The second-order valence-corrected chi connectivity index (χ2v) is 11.2. The lowest BCUT2D eigenvalue weighted by atomic mass is 9.91.